The number of nitrogens with zero attached hydrogens (tertiary/aromatic N) is 1. The highest BCUT2D eigenvalue weighted by Crippen LogP contribution is 2.18. The Morgan fingerprint density at radius 2 is 2.10 bits per heavy atom. The predicted molar refractivity (Wildman–Crippen MR) is 85.0 cm³/mol. The molecule has 1 aromatic rings. The van der Waals surface area contributed by atoms with E-state index in [-0.39, 0.29) is 18.3 Å². The zero-order valence-electron chi connectivity index (χ0n) is 12.3. The van der Waals surface area contributed by atoms with Gasteiger partial charge in [0.2, 0.25) is 5.91 Å². The molecule has 1 saturated heterocycles. The maximum absolute atomic E-state index is 12.6. The lowest BCUT2D eigenvalue weighted by Crippen LogP contribution is -2.42. The zero-order valence-corrected chi connectivity index (χ0v) is 13.2. The van der Waals surface area contributed by atoms with Gasteiger partial charge >= 0.3 is 0 Å². The van der Waals surface area contributed by atoms with Gasteiger partial charge in [0, 0.05) is 19.1 Å². The van der Waals surface area contributed by atoms with E-state index in [0.29, 0.717) is 11.9 Å². The van der Waals surface area contributed by atoms with Gasteiger partial charge in [0.25, 0.3) is 0 Å². The minimum atomic E-state index is 0. The standard InChI is InChI=1S/C16H24N2O.ClH/c1-3-13(2)18(12-14-7-5-4-6-8-14)16(19)15-9-10-17-11-15;/h4-8,13,15,17H,3,9-12H2,1-2H3;1H. The van der Waals surface area contributed by atoms with Crippen molar-refractivity contribution in [2.45, 2.75) is 39.3 Å². The molecule has 3 nitrogen and oxygen atoms in total. The van der Waals surface area contributed by atoms with Gasteiger partial charge in [-0.1, -0.05) is 37.3 Å². The van der Waals surface area contributed by atoms with E-state index in [9.17, 15) is 4.79 Å². The predicted octanol–water partition coefficient (Wildman–Crippen LogP) is 2.85. The van der Waals surface area contributed by atoms with Gasteiger partial charge in [-0.25, -0.2) is 0 Å². The van der Waals surface area contributed by atoms with Crippen LogP contribution in [0.3, 0.4) is 0 Å². The van der Waals surface area contributed by atoms with Crippen LogP contribution in [0.4, 0.5) is 0 Å². The fourth-order valence-electron chi connectivity index (χ4n) is 2.55. The van der Waals surface area contributed by atoms with Crippen LogP contribution in [0.1, 0.15) is 32.3 Å². The van der Waals surface area contributed by atoms with Crippen molar-refractivity contribution in [3.8, 4) is 0 Å². The van der Waals surface area contributed by atoms with Gasteiger partial charge in [-0.3, -0.25) is 4.79 Å². The second kappa shape index (κ2) is 8.28. The van der Waals surface area contributed by atoms with E-state index < -0.39 is 0 Å². The summed E-state index contributed by atoms with van der Waals surface area (Å²) in [4.78, 5) is 14.7. The highest BCUT2D eigenvalue weighted by Gasteiger charge is 2.29. The largest absolute Gasteiger partial charge is 0.335 e. The third-order valence-corrected chi connectivity index (χ3v) is 4.01. The van der Waals surface area contributed by atoms with Crippen molar-refractivity contribution >= 4 is 18.3 Å². The van der Waals surface area contributed by atoms with E-state index in [1.54, 1.807) is 0 Å². The molecule has 0 aliphatic carbocycles. The molecule has 4 heteroatoms. The molecular formula is C16H25ClN2O. The van der Waals surface area contributed by atoms with Crippen LogP contribution in [-0.2, 0) is 11.3 Å². The summed E-state index contributed by atoms with van der Waals surface area (Å²) >= 11 is 0. The van der Waals surface area contributed by atoms with Crippen LogP contribution in [0.2, 0.25) is 0 Å². The number of rotatable bonds is 5. The molecule has 0 bridgehead atoms. The first-order valence-corrected chi connectivity index (χ1v) is 7.27. The van der Waals surface area contributed by atoms with Gasteiger partial charge in [-0.2, -0.15) is 0 Å². The van der Waals surface area contributed by atoms with Crippen molar-refractivity contribution in [2.24, 2.45) is 5.92 Å². The first kappa shape index (κ1) is 17.0. The molecule has 1 N–H and O–H groups in total. The quantitative estimate of drug-likeness (QED) is 0.906. The van der Waals surface area contributed by atoms with Gasteiger partial charge < -0.3 is 10.2 Å². The molecule has 1 aromatic carbocycles. The molecule has 0 aromatic heterocycles. The Morgan fingerprint density at radius 1 is 1.40 bits per heavy atom. The number of carbonyl (C=O) groups is 1. The van der Waals surface area contributed by atoms with Crippen molar-refractivity contribution in [1.29, 1.82) is 0 Å². The number of benzene rings is 1. The monoisotopic (exact) mass is 296 g/mol. The SMILES string of the molecule is CCC(C)N(Cc1ccccc1)C(=O)C1CCNC1.Cl. The van der Waals surface area contributed by atoms with Crippen molar-refractivity contribution in [3.05, 3.63) is 35.9 Å². The summed E-state index contributed by atoms with van der Waals surface area (Å²) in [7, 11) is 0. The average molecular weight is 297 g/mol. The lowest BCUT2D eigenvalue weighted by atomic mass is 10.0. The summed E-state index contributed by atoms with van der Waals surface area (Å²) in [6.07, 6.45) is 1.97. The molecule has 2 atom stereocenters. The van der Waals surface area contributed by atoms with Crippen molar-refractivity contribution < 1.29 is 4.79 Å². The van der Waals surface area contributed by atoms with Gasteiger partial charge in [0.15, 0.2) is 0 Å². The number of hydrogen-bond acceptors (Lipinski definition) is 2. The summed E-state index contributed by atoms with van der Waals surface area (Å²) in [5, 5.41) is 3.28. The summed E-state index contributed by atoms with van der Waals surface area (Å²) in [5.74, 6) is 0.473. The smallest absolute Gasteiger partial charge is 0.227 e. The number of nitrogens with one attached hydrogen (secondary N) is 1. The molecule has 0 saturated carbocycles. The van der Waals surface area contributed by atoms with E-state index in [2.05, 4.69) is 31.3 Å². The Morgan fingerprint density at radius 3 is 2.65 bits per heavy atom. The Kier molecular flexibility index (Phi) is 7.03. The van der Waals surface area contributed by atoms with Gasteiger partial charge in [-0.15, -0.1) is 12.4 Å². The Labute approximate surface area is 128 Å². The summed E-state index contributed by atoms with van der Waals surface area (Å²) in [6, 6.07) is 10.6. The lowest BCUT2D eigenvalue weighted by molar-refractivity contribution is -0.137. The van der Waals surface area contributed by atoms with E-state index in [0.717, 1.165) is 32.5 Å². The molecule has 2 unspecified atom stereocenters. The molecule has 1 heterocycles. The second-order valence-corrected chi connectivity index (χ2v) is 5.40. The molecule has 1 aliphatic rings. The number of hydrogen-bond donors (Lipinski definition) is 1. The zero-order chi connectivity index (χ0) is 13.7. The number of carbonyl (C=O) groups excluding carboxylic acids is 1. The number of amides is 1. The molecular weight excluding hydrogens is 272 g/mol. The molecule has 112 valence electrons. The van der Waals surface area contributed by atoms with Crippen LogP contribution in [0.15, 0.2) is 30.3 Å². The van der Waals surface area contributed by atoms with Crippen LogP contribution >= 0.6 is 12.4 Å². The topological polar surface area (TPSA) is 32.3 Å². The van der Waals surface area contributed by atoms with E-state index in [1.807, 2.05) is 23.1 Å². The van der Waals surface area contributed by atoms with E-state index >= 15 is 0 Å². The van der Waals surface area contributed by atoms with Crippen molar-refractivity contribution in [1.82, 2.24) is 10.2 Å². The minimum absolute atomic E-state index is 0. The minimum Gasteiger partial charge on any atom is -0.335 e. The molecule has 1 aliphatic heterocycles. The van der Waals surface area contributed by atoms with E-state index in [4.69, 9.17) is 0 Å². The Bertz CT molecular complexity index is 404. The van der Waals surface area contributed by atoms with Gasteiger partial charge in [0.1, 0.15) is 0 Å². The molecule has 0 radical (unpaired) electrons. The summed E-state index contributed by atoms with van der Waals surface area (Å²) in [6.45, 7) is 6.81. The highest BCUT2D eigenvalue weighted by molar-refractivity contribution is 5.85. The van der Waals surface area contributed by atoms with Crippen molar-refractivity contribution in [3.63, 3.8) is 0 Å². The molecule has 20 heavy (non-hydrogen) atoms. The number of halogens is 1. The van der Waals surface area contributed by atoms with Crippen LogP contribution in [-0.4, -0.2) is 29.9 Å². The molecule has 1 fully saturated rings. The molecule has 0 spiro atoms. The van der Waals surface area contributed by atoms with Gasteiger partial charge in [-0.05, 0) is 31.9 Å². The third kappa shape index (κ3) is 4.22. The van der Waals surface area contributed by atoms with Crippen LogP contribution in [0.5, 0.6) is 0 Å². The fraction of sp³-hybridized carbons (Fsp3) is 0.562. The van der Waals surface area contributed by atoms with Crippen LogP contribution in [0, 0.1) is 5.92 Å². The van der Waals surface area contributed by atoms with E-state index in [1.165, 1.54) is 5.56 Å². The van der Waals surface area contributed by atoms with Crippen molar-refractivity contribution in [2.75, 3.05) is 13.1 Å². The second-order valence-electron chi connectivity index (χ2n) is 5.40. The first-order chi connectivity index (χ1) is 9.22. The first-order valence-electron chi connectivity index (χ1n) is 7.27. The summed E-state index contributed by atoms with van der Waals surface area (Å²) < 4.78 is 0. The van der Waals surface area contributed by atoms with Crippen LogP contribution in [0.25, 0.3) is 0 Å². The summed E-state index contributed by atoms with van der Waals surface area (Å²) in [5.41, 5.74) is 1.21. The van der Waals surface area contributed by atoms with Gasteiger partial charge in [0.05, 0.1) is 5.92 Å². The Balaban J connectivity index is 0.00000200. The van der Waals surface area contributed by atoms with Crippen LogP contribution < -0.4 is 5.32 Å². The maximum atomic E-state index is 12.6. The highest BCUT2D eigenvalue weighted by atomic mass is 35.5. The average Bonchev–Trinajstić information content (AvgIpc) is 2.98. The molecule has 2 rings (SSSR count). The fourth-order valence-corrected chi connectivity index (χ4v) is 2.55. The third-order valence-electron chi connectivity index (χ3n) is 4.01. The Hall–Kier alpha value is -1.06. The molecule has 1 amide bonds. The normalized spacial score (nSPS) is 19.2. The lowest BCUT2D eigenvalue weighted by Gasteiger charge is -2.31. The maximum Gasteiger partial charge on any atom is 0.227 e.